The standard InChI is InChI=1S/C8H11N5/c1-5-6(4-10-11-5)7-3-8(9)13(2)12-7/h3-4H,9H2,1-2H3,(H,10,11). The molecule has 5 nitrogen and oxygen atoms in total. The predicted molar refractivity (Wildman–Crippen MR) is 49.9 cm³/mol. The molecule has 0 bridgehead atoms. The van der Waals surface area contributed by atoms with Crippen molar-refractivity contribution >= 4 is 5.82 Å². The molecule has 0 fully saturated rings. The molecule has 0 atom stereocenters. The monoisotopic (exact) mass is 177 g/mol. The molecule has 0 saturated carbocycles. The minimum absolute atomic E-state index is 0.649. The van der Waals surface area contributed by atoms with Gasteiger partial charge in [-0.05, 0) is 6.92 Å². The van der Waals surface area contributed by atoms with Crippen LogP contribution >= 0.6 is 0 Å². The summed E-state index contributed by atoms with van der Waals surface area (Å²) in [7, 11) is 1.81. The Morgan fingerprint density at radius 3 is 2.77 bits per heavy atom. The molecule has 0 aliphatic heterocycles. The number of aryl methyl sites for hydroxylation is 2. The van der Waals surface area contributed by atoms with Gasteiger partial charge in [-0.15, -0.1) is 0 Å². The van der Waals surface area contributed by atoms with Crippen LogP contribution in [0.25, 0.3) is 11.3 Å². The van der Waals surface area contributed by atoms with Crippen molar-refractivity contribution in [2.24, 2.45) is 7.05 Å². The molecule has 2 heterocycles. The molecule has 13 heavy (non-hydrogen) atoms. The average Bonchev–Trinajstić information content (AvgIpc) is 2.60. The van der Waals surface area contributed by atoms with Crippen LogP contribution in [-0.2, 0) is 7.05 Å². The fourth-order valence-electron chi connectivity index (χ4n) is 1.22. The highest BCUT2D eigenvalue weighted by atomic mass is 15.3. The lowest BCUT2D eigenvalue weighted by atomic mass is 10.2. The summed E-state index contributed by atoms with van der Waals surface area (Å²) in [5.41, 5.74) is 8.51. The van der Waals surface area contributed by atoms with Crippen LogP contribution in [0.2, 0.25) is 0 Å². The summed E-state index contributed by atoms with van der Waals surface area (Å²) < 4.78 is 1.64. The minimum atomic E-state index is 0.649. The van der Waals surface area contributed by atoms with E-state index in [9.17, 15) is 0 Å². The summed E-state index contributed by atoms with van der Waals surface area (Å²) in [5.74, 6) is 0.649. The Kier molecular flexibility index (Phi) is 1.58. The first kappa shape index (κ1) is 7.85. The number of rotatable bonds is 1. The lowest BCUT2D eigenvalue weighted by Crippen LogP contribution is -1.96. The van der Waals surface area contributed by atoms with Crippen LogP contribution in [0.1, 0.15) is 5.69 Å². The fraction of sp³-hybridized carbons (Fsp3) is 0.250. The van der Waals surface area contributed by atoms with E-state index in [0.717, 1.165) is 17.0 Å². The first-order valence-electron chi connectivity index (χ1n) is 3.98. The molecule has 0 spiro atoms. The Balaban J connectivity index is 2.53. The topological polar surface area (TPSA) is 72.5 Å². The summed E-state index contributed by atoms with van der Waals surface area (Å²) in [6, 6.07) is 1.83. The maximum absolute atomic E-state index is 5.67. The third kappa shape index (κ3) is 1.18. The summed E-state index contributed by atoms with van der Waals surface area (Å²) in [6.07, 6.45) is 1.75. The Bertz CT molecular complexity index is 406. The number of aromatic amines is 1. The van der Waals surface area contributed by atoms with Crippen molar-refractivity contribution in [3.63, 3.8) is 0 Å². The quantitative estimate of drug-likeness (QED) is 0.673. The zero-order valence-electron chi connectivity index (χ0n) is 7.57. The Labute approximate surface area is 75.6 Å². The van der Waals surface area contributed by atoms with E-state index in [1.54, 1.807) is 10.9 Å². The molecule has 0 amide bonds. The van der Waals surface area contributed by atoms with Gasteiger partial charge in [0, 0.05) is 24.4 Å². The van der Waals surface area contributed by atoms with Crippen molar-refractivity contribution in [2.45, 2.75) is 6.92 Å². The maximum atomic E-state index is 5.67. The average molecular weight is 177 g/mol. The van der Waals surface area contributed by atoms with Gasteiger partial charge in [-0.1, -0.05) is 0 Å². The smallest absolute Gasteiger partial charge is 0.121 e. The molecule has 0 radical (unpaired) electrons. The van der Waals surface area contributed by atoms with Gasteiger partial charge in [0.2, 0.25) is 0 Å². The zero-order valence-corrected chi connectivity index (χ0v) is 7.57. The largest absolute Gasteiger partial charge is 0.384 e. The van der Waals surface area contributed by atoms with Crippen LogP contribution in [0.3, 0.4) is 0 Å². The number of nitrogen functional groups attached to an aromatic ring is 1. The Morgan fingerprint density at radius 2 is 2.31 bits per heavy atom. The normalized spacial score (nSPS) is 10.6. The summed E-state index contributed by atoms with van der Waals surface area (Å²) in [5, 5.41) is 11.0. The van der Waals surface area contributed by atoms with Crippen molar-refractivity contribution in [3.8, 4) is 11.3 Å². The number of hydrogen-bond acceptors (Lipinski definition) is 3. The molecule has 0 aliphatic rings. The van der Waals surface area contributed by atoms with Crippen molar-refractivity contribution in [1.82, 2.24) is 20.0 Å². The van der Waals surface area contributed by atoms with Crippen molar-refractivity contribution in [1.29, 1.82) is 0 Å². The van der Waals surface area contributed by atoms with Gasteiger partial charge in [0.1, 0.15) is 5.82 Å². The third-order valence-corrected chi connectivity index (χ3v) is 2.02. The van der Waals surface area contributed by atoms with E-state index in [0.29, 0.717) is 5.82 Å². The molecular weight excluding hydrogens is 166 g/mol. The summed E-state index contributed by atoms with van der Waals surface area (Å²) in [6.45, 7) is 1.95. The Hall–Kier alpha value is -1.78. The number of hydrogen-bond donors (Lipinski definition) is 2. The maximum Gasteiger partial charge on any atom is 0.121 e. The van der Waals surface area contributed by atoms with Crippen LogP contribution in [0, 0.1) is 6.92 Å². The highest BCUT2D eigenvalue weighted by Gasteiger charge is 2.08. The molecule has 0 aromatic carbocycles. The van der Waals surface area contributed by atoms with E-state index in [1.807, 2.05) is 20.0 Å². The van der Waals surface area contributed by atoms with E-state index in [1.165, 1.54) is 0 Å². The SMILES string of the molecule is Cc1[nH]ncc1-c1cc(N)n(C)n1. The van der Waals surface area contributed by atoms with Crippen LogP contribution in [0.4, 0.5) is 5.82 Å². The number of anilines is 1. The second kappa shape index (κ2) is 2.62. The number of nitrogens with zero attached hydrogens (tertiary/aromatic N) is 3. The number of aromatic nitrogens is 4. The van der Waals surface area contributed by atoms with Gasteiger partial charge in [-0.2, -0.15) is 10.2 Å². The molecule has 0 unspecified atom stereocenters. The molecule has 2 rings (SSSR count). The van der Waals surface area contributed by atoms with Gasteiger partial charge >= 0.3 is 0 Å². The van der Waals surface area contributed by atoms with Crippen LogP contribution in [-0.4, -0.2) is 20.0 Å². The van der Waals surface area contributed by atoms with Crippen molar-refractivity contribution in [3.05, 3.63) is 18.0 Å². The lowest BCUT2D eigenvalue weighted by Gasteiger charge is -1.91. The fourth-order valence-corrected chi connectivity index (χ4v) is 1.22. The van der Waals surface area contributed by atoms with Gasteiger partial charge in [-0.25, -0.2) is 0 Å². The highest BCUT2D eigenvalue weighted by molar-refractivity contribution is 5.63. The molecule has 0 aliphatic carbocycles. The molecule has 3 N–H and O–H groups in total. The van der Waals surface area contributed by atoms with Crippen molar-refractivity contribution in [2.75, 3.05) is 5.73 Å². The minimum Gasteiger partial charge on any atom is -0.384 e. The number of nitrogens with two attached hydrogens (primary N) is 1. The lowest BCUT2D eigenvalue weighted by molar-refractivity contribution is 0.782. The number of nitrogens with one attached hydrogen (secondary N) is 1. The van der Waals surface area contributed by atoms with E-state index < -0.39 is 0 Å². The van der Waals surface area contributed by atoms with Crippen LogP contribution < -0.4 is 5.73 Å². The van der Waals surface area contributed by atoms with Gasteiger partial charge in [0.05, 0.1) is 11.9 Å². The zero-order chi connectivity index (χ0) is 9.42. The summed E-state index contributed by atoms with van der Waals surface area (Å²) >= 11 is 0. The van der Waals surface area contributed by atoms with Gasteiger partial charge in [0.15, 0.2) is 0 Å². The summed E-state index contributed by atoms with van der Waals surface area (Å²) in [4.78, 5) is 0. The number of H-pyrrole nitrogens is 1. The predicted octanol–water partition coefficient (Wildman–Crippen LogP) is 0.701. The van der Waals surface area contributed by atoms with E-state index in [-0.39, 0.29) is 0 Å². The first-order valence-corrected chi connectivity index (χ1v) is 3.98. The van der Waals surface area contributed by atoms with Gasteiger partial charge < -0.3 is 5.73 Å². The second-order valence-corrected chi connectivity index (χ2v) is 2.99. The van der Waals surface area contributed by atoms with E-state index in [2.05, 4.69) is 15.3 Å². The van der Waals surface area contributed by atoms with Crippen LogP contribution in [0.15, 0.2) is 12.3 Å². The highest BCUT2D eigenvalue weighted by Crippen LogP contribution is 2.21. The van der Waals surface area contributed by atoms with Crippen LogP contribution in [0.5, 0.6) is 0 Å². The van der Waals surface area contributed by atoms with E-state index >= 15 is 0 Å². The van der Waals surface area contributed by atoms with E-state index in [4.69, 9.17) is 5.73 Å². The van der Waals surface area contributed by atoms with Crippen molar-refractivity contribution < 1.29 is 0 Å². The third-order valence-electron chi connectivity index (χ3n) is 2.02. The first-order chi connectivity index (χ1) is 6.18. The second-order valence-electron chi connectivity index (χ2n) is 2.99. The molecular formula is C8H11N5. The molecule has 68 valence electrons. The van der Waals surface area contributed by atoms with Gasteiger partial charge in [-0.3, -0.25) is 9.78 Å². The molecule has 2 aromatic heterocycles. The van der Waals surface area contributed by atoms with Gasteiger partial charge in [0.25, 0.3) is 0 Å². The molecule has 2 aromatic rings. The molecule has 5 heteroatoms. The molecule has 0 saturated heterocycles. The Morgan fingerprint density at radius 1 is 1.54 bits per heavy atom.